The first-order valence-electron chi connectivity index (χ1n) is 4.77. The highest BCUT2D eigenvalue weighted by Crippen LogP contribution is 2.23. The van der Waals surface area contributed by atoms with Crippen LogP contribution in [0.15, 0.2) is 28.9 Å². The second-order valence-electron chi connectivity index (χ2n) is 3.27. The molecule has 1 aromatic carbocycles. The number of hydrogen-bond donors (Lipinski definition) is 2. The predicted octanol–water partition coefficient (Wildman–Crippen LogP) is 3.26. The molecule has 0 unspecified atom stereocenters. The summed E-state index contributed by atoms with van der Waals surface area (Å²) in [5, 5.41) is 12.7. The van der Waals surface area contributed by atoms with Crippen molar-refractivity contribution in [2.75, 3.05) is 5.73 Å². The van der Waals surface area contributed by atoms with Gasteiger partial charge in [0.25, 0.3) is 0 Å². The minimum atomic E-state index is -1.01. The lowest BCUT2D eigenvalue weighted by molar-refractivity contribution is 0.0695. The van der Waals surface area contributed by atoms with Gasteiger partial charge in [0.2, 0.25) is 0 Å². The first-order chi connectivity index (χ1) is 8.41. The first-order valence-corrected chi connectivity index (χ1v) is 5.52. The molecule has 5 nitrogen and oxygen atoms in total. The number of aromatic carboxylic acids is 1. The van der Waals surface area contributed by atoms with Gasteiger partial charge in [-0.15, -0.1) is 0 Å². The number of aryl methyl sites for hydroxylation is 1. The molecule has 0 radical (unpaired) electrons. The molecule has 0 fully saturated rings. The van der Waals surface area contributed by atoms with Crippen molar-refractivity contribution in [2.45, 2.75) is 6.92 Å². The predicted molar refractivity (Wildman–Crippen MR) is 69.1 cm³/mol. The van der Waals surface area contributed by atoms with Crippen molar-refractivity contribution in [3.8, 4) is 0 Å². The van der Waals surface area contributed by atoms with Crippen molar-refractivity contribution in [2.24, 2.45) is 0 Å². The van der Waals surface area contributed by atoms with Crippen molar-refractivity contribution in [3.05, 3.63) is 45.8 Å². The summed E-state index contributed by atoms with van der Waals surface area (Å²) in [5.74, 6) is -0.670. The average molecular weight is 289 g/mol. The van der Waals surface area contributed by atoms with Crippen molar-refractivity contribution in [1.82, 2.24) is 5.16 Å². The smallest absolute Gasteiger partial charge is 0.340 e. The Morgan fingerprint density at radius 3 is 2.39 bits per heavy atom. The minimum absolute atomic E-state index is 0.120. The molecule has 0 saturated heterocycles. The van der Waals surface area contributed by atoms with Gasteiger partial charge in [-0.2, -0.15) is 0 Å². The molecule has 0 aliphatic heterocycles. The molecule has 0 aliphatic carbocycles. The third-order valence-corrected chi connectivity index (χ3v) is 2.66. The molecule has 1 heterocycles. The summed E-state index contributed by atoms with van der Waals surface area (Å²) in [6, 6.07) is 4.98. The number of halogens is 2. The lowest BCUT2D eigenvalue weighted by Crippen LogP contribution is -1.94. The van der Waals surface area contributed by atoms with Gasteiger partial charge in [0.1, 0.15) is 11.3 Å². The molecule has 0 aliphatic rings. The van der Waals surface area contributed by atoms with Crippen LogP contribution >= 0.6 is 23.2 Å². The van der Waals surface area contributed by atoms with Gasteiger partial charge in [-0.25, -0.2) is 4.79 Å². The van der Waals surface area contributed by atoms with E-state index in [-0.39, 0.29) is 5.56 Å². The molecule has 2 rings (SSSR count). The zero-order chi connectivity index (χ0) is 13.7. The zero-order valence-electron chi connectivity index (χ0n) is 9.35. The Morgan fingerprint density at radius 2 is 2.06 bits per heavy atom. The summed E-state index contributed by atoms with van der Waals surface area (Å²) in [6.45, 7) is 1.55. The fourth-order valence-electron chi connectivity index (χ4n) is 1.02. The van der Waals surface area contributed by atoms with Crippen LogP contribution in [0.25, 0.3) is 0 Å². The van der Waals surface area contributed by atoms with E-state index in [1.54, 1.807) is 25.1 Å². The molecular weight excluding hydrogens is 279 g/mol. The van der Waals surface area contributed by atoms with Crippen LogP contribution in [0.5, 0.6) is 0 Å². The number of hydrogen-bond acceptors (Lipinski definition) is 4. The lowest BCUT2D eigenvalue weighted by atomic mass is 10.3. The van der Waals surface area contributed by atoms with Gasteiger partial charge in [0.05, 0.1) is 16.2 Å². The van der Waals surface area contributed by atoms with Crippen molar-refractivity contribution in [3.63, 3.8) is 0 Å². The van der Waals surface area contributed by atoms with Gasteiger partial charge in [0, 0.05) is 5.69 Å². The van der Waals surface area contributed by atoms with E-state index in [1.165, 1.54) is 6.20 Å². The van der Waals surface area contributed by atoms with Gasteiger partial charge in [-0.3, -0.25) is 0 Å². The molecule has 18 heavy (non-hydrogen) atoms. The highest BCUT2D eigenvalue weighted by Gasteiger charge is 2.09. The molecule has 3 N–H and O–H groups in total. The average Bonchev–Trinajstić information content (AvgIpc) is 2.71. The Bertz CT molecular complexity index is 555. The maximum atomic E-state index is 10.2. The van der Waals surface area contributed by atoms with Crippen molar-refractivity contribution in [1.29, 1.82) is 0 Å². The lowest BCUT2D eigenvalue weighted by Gasteiger charge is -1.94. The second kappa shape index (κ2) is 6.28. The molecule has 96 valence electrons. The summed E-state index contributed by atoms with van der Waals surface area (Å²) < 4.78 is 4.49. The largest absolute Gasteiger partial charge is 0.478 e. The van der Waals surface area contributed by atoms with Crippen LogP contribution in [0.3, 0.4) is 0 Å². The Kier molecular flexibility index (Phi) is 5.00. The van der Waals surface area contributed by atoms with E-state index in [4.69, 9.17) is 34.0 Å². The van der Waals surface area contributed by atoms with Gasteiger partial charge in [0.15, 0.2) is 0 Å². The number of rotatable bonds is 1. The minimum Gasteiger partial charge on any atom is -0.478 e. The Morgan fingerprint density at radius 1 is 1.39 bits per heavy atom. The van der Waals surface area contributed by atoms with E-state index < -0.39 is 5.97 Å². The SMILES string of the molecule is Cc1oncc1C(=O)O.Nc1ccc(Cl)c(Cl)c1. The quantitative estimate of drug-likeness (QED) is 0.786. The monoisotopic (exact) mass is 288 g/mol. The second-order valence-corrected chi connectivity index (χ2v) is 4.09. The molecule has 1 aromatic heterocycles. The van der Waals surface area contributed by atoms with E-state index >= 15 is 0 Å². The highest BCUT2D eigenvalue weighted by atomic mass is 35.5. The van der Waals surface area contributed by atoms with Gasteiger partial charge in [-0.05, 0) is 25.1 Å². The van der Waals surface area contributed by atoms with Crippen LogP contribution in [0.2, 0.25) is 10.0 Å². The Hall–Kier alpha value is -1.72. The molecule has 0 atom stereocenters. The third kappa shape index (κ3) is 3.94. The van der Waals surface area contributed by atoms with Gasteiger partial charge in [-0.1, -0.05) is 28.4 Å². The maximum absolute atomic E-state index is 10.2. The topological polar surface area (TPSA) is 89.3 Å². The number of nitrogen functional groups attached to an aromatic ring is 1. The van der Waals surface area contributed by atoms with Crippen LogP contribution in [-0.4, -0.2) is 16.2 Å². The number of carbonyl (C=O) groups is 1. The third-order valence-electron chi connectivity index (χ3n) is 1.92. The number of nitrogens with zero attached hydrogens (tertiary/aromatic N) is 1. The Balaban J connectivity index is 0.000000180. The summed E-state index contributed by atoms with van der Waals surface area (Å²) in [4.78, 5) is 10.2. The van der Waals surface area contributed by atoms with E-state index in [0.29, 0.717) is 21.5 Å². The molecule has 0 amide bonds. The molecule has 7 heteroatoms. The molecule has 0 spiro atoms. The van der Waals surface area contributed by atoms with Crippen LogP contribution in [-0.2, 0) is 0 Å². The highest BCUT2D eigenvalue weighted by molar-refractivity contribution is 6.42. The summed E-state index contributed by atoms with van der Waals surface area (Å²) in [6.07, 6.45) is 1.18. The number of carboxylic acid groups (broad SMARTS) is 1. The number of anilines is 1. The molecule has 0 saturated carbocycles. The molecule has 2 aromatic rings. The summed E-state index contributed by atoms with van der Waals surface area (Å²) in [7, 11) is 0. The summed E-state index contributed by atoms with van der Waals surface area (Å²) in [5.41, 5.74) is 6.13. The number of aromatic nitrogens is 1. The van der Waals surface area contributed by atoms with Crippen LogP contribution in [0.4, 0.5) is 5.69 Å². The normalized spacial score (nSPS) is 9.50. The van der Waals surface area contributed by atoms with Crippen LogP contribution in [0.1, 0.15) is 16.1 Å². The number of carboxylic acids is 1. The fraction of sp³-hybridized carbons (Fsp3) is 0.0909. The fourth-order valence-corrected chi connectivity index (χ4v) is 1.32. The van der Waals surface area contributed by atoms with E-state index in [2.05, 4.69) is 9.68 Å². The summed E-state index contributed by atoms with van der Waals surface area (Å²) >= 11 is 11.2. The standard InChI is InChI=1S/C6H5Cl2N.C5H5NO3/c7-5-2-1-4(9)3-6(5)8;1-3-4(5(7)8)2-6-9-3/h1-3H,9H2;2H,1H3,(H,7,8). The maximum Gasteiger partial charge on any atom is 0.340 e. The van der Waals surface area contributed by atoms with E-state index in [0.717, 1.165) is 0 Å². The van der Waals surface area contributed by atoms with E-state index in [9.17, 15) is 4.79 Å². The number of nitrogens with two attached hydrogens (primary N) is 1. The first kappa shape index (κ1) is 14.3. The van der Waals surface area contributed by atoms with Crippen molar-refractivity contribution < 1.29 is 14.4 Å². The molecular formula is C11H10Cl2N2O3. The van der Waals surface area contributed by atoms with Gasteiger partial charge < -0.3 is 15.4 Å². The van der Waals surface area contributed by atoms with Crippen molar-refractivity contribution >= 4 is 34.9 Å². The zero-order valence-corrected chi connectivity index (χ0v) is 10.9. The van der Waals surface area contributed by atoms with E-state index in [1.807, 2.05) is 0 Å². The molecule has 0 bridgehead atoms. The van der Waals surface area contributed by atoms with Crippen LogP contribution < -0.4 is 5.73 Å². The van der Waals surface area contributed by atoms with Crippen LogP contribution in [0, 0.1) is 6.92 Å². The van der Waals surface area contributed by atoms with Gasteiger partial charge >= 0.3 is 5.97 Å². The number of benzene rings is 1. The Labute approximate surface area is 113 Å².